The van der Waals surface area contributed by atoms with Crippen molar-refractivity contribution in [2.24, 2.45) is 11.3 Å². The smallest absolute Gasteiger partial charge is 0.313 e. The minimum absolute atomic E-state index is 0.144. The van der Waals surface area contributed by atoms with E-state index in [1.165, 1.54) is 7.11 Å². The maximum absolute atomic E-state index is 11.8. The summed E-state index contributed by atoms with van der Waals surface area (Å²) in [5, 5.41) is 0.277. The number of hydrogen-bond acceptors (Lipinski definition) is 4. The van der Waals surface area contributed by atoms with Gasteiger partial charge >= 0.3 is 5.97 Å². The van der Waals surface area contributed by atoms with E-state index in [1.54, 1.807) is 18.9 Å². The van der Waals surface area contributed by atoms with Crippen molar-refractivity contribution in [1.29, 1.82) is 0 Å². The van der Waals surface area contributed by atoms with Crippen LogP contribution < -0.4 is 0 Å². The Bertz CT molecular complexity index is 226. The third-order valence-corrected chi connectivity index (χ3v) is 4.24. The quantitative estimate of drug-likeness (QED) is 0.677. The number of ether oxygens (including phenoxy) is 2. The lowest BCUT2D eigenvalue weighted by atomic mass is 9.82. The maximum Gasteiger partial charge on any atom is 0.313 e. The molecule has 0 rings (SSSR count). The van der Waals surface area contributed by atoms with Crippen molar-refractivity contribution in [2.75, 3.05) is 20.5 Å². The van der Waals surface area contributed by atoms with Gasteiger partial charge in [-0.05, 0) is 26.0 Å². The van der Waals surface area contributed by atoms with E-state index in [2.05, 4.69) is 13.8 Å². The predicted octanol–water partition coefficient (Wildman–Crippen LogP) is 2.59. The molecule has 0 aliphatic carbocycles. The van der Waals surface area contributed by atoms with Crippen molar-refractivity contribution in [2.45, 2.75) is 39.0 Å². The zero-order chi connectivity index (χ0) is 12.9. The summed E-state index contributed by atoms with van der Waals surface area (Å²) in [6, 6.07) is 0. The third-order valence-electron chi connectivity index (χ3n) is 2.90. The molecule has 0 aliphatic heterocycles. The lowest BCUT2D eigenvalue weighted by Gasteiger charge is -2.37. The number of thioether (sulfide) groups is 1. The predicted molar refractivity (Wildman–Crippen MR) is 68.7 cm³/mol. The van der Waals surface area contributed by atoms with E-state index in [1.807, 2.05) is 20.1 Å². The first-order valence-corrected chi connectivity index (χ1v) is 6.75. The summed E-state index contributed by atoms with van der Waals surface area (Å²) in [4.78, 5) is 11.8. The van der Waals surface area contributed by atoms with Crippen LogP contribution in [0.3, 0.4) is 0 Å². The number of methoxy groups -OCH3 is 2. The second-order valence-corrected chi connectivity index (χ2v) is 5.83. The van der Waals surface area contributed by atoms with Gasteiger partial charge in [-0.2, -0.15) is 11.8 Å². The summed E-state index contributed by atoms with van der Waals surface area (Å²) in [7, 11) is 3.07. The molecule has 0 heterocycles. The lowest BCUT2D eigenvalue weighted by Crippen LogP contribution is -2.47. The lowest BCUT2D eigenvalue weighted by molar-refractivity contribution is -0.159. The average molecular weight is 248 g/mol. The molecule has 0 amide bonds. The van der Waals surface area contributed by atoms with Crippen LogP contribution in [0, 0.1) is 11.3 Å². The summed E-state index contributed by atoms with van der Waals surface area (Å²) >= 11 is 1.73. The molecule has 2 atom stereocenters. The van der Waals surface area contributed by atoms with Gasteiger partial charge in [0.25, 0.3) is 0 Å². The van der Waals surface area contributed by atoms with Gasteiger partial charge in [0.05, 0.1) is 18.6 Å². The molecule has 0 aromatic carbocycles. The molecule has 3 nitrogen and oxygen atoms in total. The Morgan fingerprint density at radius 2 is 1.75 bits per heavy atom. The van der Waals surface area contributed by atoms with Gasteiger partial charge in [-0.1, -0.05) is 13.8 Å². The van der Waals surface area contributed by atoms with E-state index in [0.29, 0.717) is 5.92 Å². The highest BCUT2D eigenvalue weighted by molar-refractivity contribution is 7.99. The molecule has 0 spiro atoms. The zero-order valence-corrected chi connectivity index (χ0v) is 12.2. The highest BCUT2D eigenvalue weighted by atomic mass is 32.2. The van der Waals surface area contributed by atoms with Gasteiger partial charge in [0.15, 0.2) is 0 Å². The number of hydrogen-bond donors (Lipinski definition) is 0. The first kappa shape index (κ1) is 15.8. The molecule has 0 aliphatic rings. The molecule has 96 valence electrons. The van der Waals surface area contributed by atoms with E-state index >= 15 is 0 Å². The number of carbonyl (C=O) groups excluding carboxylic acids is 1. The fourth-order valence-corrected chi connectivity index (χ4v) is 3.21. The van der Waals surface area contributed by atoms with Crippen molar-refractivity contribution in [3.8, 4) is 0 Å². The molecule has 0 unspecified atom stereocenters. The van der Waals surface area contributed by atoms with Crippen molar-refractivity contribution in [3.05, 3.63) is 0 Å². The van der Waals surface area contributed by atoms with Crippen LogP contribution in [0.15, 0.2) is 0 Å². The highest BCUT2D eigenvalue weighted by Gasteiger charge is 2.43. The standard InChI is InChI=1S/C12H24O3S/c1-8(2)9(16-7)10(14-5)12(3,4)11(13)15-6/h8-10H,1-7H3/t9-,10+/m1/s1. The van der Waals surface area contributed by atoms with Gasteiger partial charge in [0, 0.05) is 12.4 Å². The molecule has 0 fully saturated rings. The second kappa shape index (κ2) is 6.50. The monoisotopic (exact) mass is 248 g/mol. The van der Waals surface area contributed by atoms with Crippen LogP contribution in [-0.2, 0) is 14.3 Å². The molecule has 0 N–H and O–H groups in total. The van der Waals surface area contributed by atoms with Gasteiger partial charge < -0.3 is 9.47 Å². The Labute approximate surface area is 103 Å². The van der Waals surface area contributed by atoms with Crippen molar-refractivity contribution >= 4 is 17.7 Å². The fourth-order valence-electron chi connectivity index (χ4n) is 1.96. The Morgan fingerprint density at radius 1 is 1.25 bits per heavy atom. The van der Waals surface area contributed by atoms with Gasteiger partial charge in [-0.3, -0.25) is 4.79 Å². The molecule has 0 saturated heterocycles. The van der Waals surface area contributed by atoms with E-state index < -0.39 is 5.41 Å². The minimum atomic E-state index is -0.624. The zero-order valence-electron chi connectivity index (χ0n) is 11.4. The van der Waals surface area contributed by atoms with E-state index in [9.17, 15) is 4.79 Å². The first-order chi connectivity index (χ1) is 7.32. The Hall–Kier alpha value is -0.220. The summed E-state index contributed by atoms with van der Waals surface area (Å²) in [6.07, 6.45) is 1.90. The Balaban J connectivity index is 5.02. The SMILES string of the molecule is COC(=O)C(C)(C)[C@@H](OC)[C@H](SC)C(C)C. The number of rotatable bonds is 6. The summed E-state index contributed by atoms with van der Waals surface area (Å²) < 4.78 is 10.4. The molecule has 0 saturated carbocycles. The molecular weight excluding hydrogens is 224 g/mol. The fraction of sp³-hybridized carbons (Fsp3) is 0.917. The molecule has 4 heteroatoms. The highest BCUT2D eigenvalue weighted by Crippen LogP contribution is 2.35. The van der Waals surface area contributed by atoms with E-state index in [4.69, 9.17) is 9.47 Å². The number of esters is 1. The summed E-state index contributed by atoms with van der Waals surface area (Å²) in [5.41, 5.74) is -0.624. The van der Waals surface area contributed by atoms with Crippen LogP contribution in [0.4, 0.5) is 0 Å². The van der Waals surface area contributed by atoms with Crippen molar-refractivity contribution in [1.82, 2.24) is 0 Å². The normalized spacial score (nSPS) is 16.0. The maximum atomic E-state index is 11.8. The molecular formula is C12H24O3S. The van der Waals surface area contributed by atoms with Crippen LogP contribution in [0.5, 0.6) is 0 Å². The average Bonchev–Trinajstić information content (AvgIpc) is 2.23. The van der Waals surface area contributed by atoms with Gasteiger partial charge in [0.2, 0.25) is 0 Å². The van der Waals surface area contributed by atoms with E-state index in [0.717, 1.165) is 0 Å². The molecule has 0 aromatic heterocycles. The first-order valence-electron chi connectivity index (χ1n) is 5.46. The molecule has 16 heavy (non-hydrogen) atoms. The topological polar surface area (TPSA) is 35.5 Å². The Morgan fingerprint density at radius 3 is 2.00 bits per heavy atom. The van der Waals surface area contributed by atoms with Crippen LogP contribution in [0.1, 0.15) is 27.7 Å². The van der Waals surface area contributed by atoms with Crippen molar-refractivity contribution in [3.63, 3.8) is 0 Å². The minimum Gasteiger partial charge on any atom is -0.469 e. The number of carbonyl (C=O) groups is 1. The summed E-state index contributed by atoms with van der Waals surface area (Å²) in [5.74, 6) is 0.225. The van der Waals surface area contributed by atoms with E-state index in [-0.39, 0.29) is 17.3 Å². The largest absolute Gasteiger partial charge is 0.469 e. The van der Waals surface area contributed by atoms with Crippen LogP contribution in [-0.4, -0.2) is 37.8 Å². The molecule has 0 aromatic rings. The third kappa shape index (κ3) is 3.39. The van der Waals surface area contributed by atoms with Crippen LogP contribution in [0.25, 0.3) is 0 Å². The second-order valence-electron chi connectivity index (χ2n) is 4.81. The van der Waals surface area contributed by atoms with Gasteiger partial charge in [0.1, 0.15) is 0 Å². The molecule has 0 radical (unpaired) electrons. The van der Waals surface area contributed by atoms with Crippen LogP contribution in [0.2, 0.25) is 0 Å². The van der Waals surface area contributed by atoms with Crippen LogP contribution >= 0.6 is 11.8 Å². The summed E-state index contributed by atoms with van der Waals surface area (Å²) in [6.45, 7) is 8.03. The van der Waals surface area contributed by atoms with Gasteiger partial charge in [-0.15, -0.1) is 0 Å². The van der Waals surface area contributed by atoms with Gasteiger partial charge in [-0.25, -0.2) is 0 Å². The van der Waals surface area contributed by atoms with Crippen molar-refractivity contribution < 1.29 is 14.3 Å². The Kier molecular flexibility index (Phi) is 6.41. The molecule has 0 bridgehead atoms.